The molecule has 3 nitrogen and oxygen atoms in total. The van der Waals surface area contributed by atoms with E-state index < -0.39 is 0 Å². The third-order valence-corrected chi connectivity index (χ3v) is 3.81. The van der Waals surface area contributed by atoms with E-state index in [4.69, 9.17) is 5.73 Å². The van der Waals surface area contributed by atoms with Gasteiger partial charge in [-0.1, -0.05) is 20.3 Å². The van der Waals surface area contributed by atoms with Gasteiger partial charge in [0.05, 0.1) is 15.9 Å². The Morgan fingerprint density at radius 2 is 2.06 bits per heavy atom. The van der Waals surface area contributed by atoms with Crippen LogP contribution in [0.3, 0.4) is 0 Å². The minimum absolute atomic E-state index is 0.143. The summed E-state index contributed by atoms with van der Waals surface area (Å²) in [6, 6.07) is 0. The minimum Gasteiger partial charge on any atom is -0.325 e. The van der Waals surface area contributed by atoms with Gasteiger partial charge in [0.1, 0.15) is 0 Å². The highest BCUT2D eigenvalue weighted by Crippen LogP contribution is 2.26. The molecule has 1 rings (SSSR count). The second-order valence-corrected chi connectivity index (χ2v) is 5.56. The number of nitrogens with zero attached hydrogens (tertiary/aromatic N) is 2. The zero-order valence-electron chi connectivity index (χ0n) is 10.7. The first kappa shape index (κ1) is 13.7. The average Bonchev–Trinajstić information content (AvgIpc) is 2.45. The van der Waals surface area contributed by atoms with Crippen molar-refractivity contribution in [3.63, 3.8) is 0 Å². The normalized spacial score (nSPS) is 15.1. The van der Waals surface area contributed by atoms with E-state index in [1.54, 1.807) is 0 Å². The Morgan fingerprint density at radius 1 is 1.44 bits per heavy atom. The predicted molar refractivity (Wildman–Crippen MR) is 71.5 cm³/mol. The lowest BCUT2D eigenvalue weighted by Gasteiger charge is -2.24. The first-order valence-electron chi connectivity index (χ1n) is 5.90. The molecule has 1 aromatic heterocycles. The third kappa shape index (κ3) is 3.08. The summed E-state index contributed by atoms with van der Waals surface area (Å²) in [6.45, 7) is 6.40. The Labute approximate surface area is 107 Å². The fourth-order valence-electron chi connectivity index (χ4n) is 2.05. The first-order chi connectivity index (χ1) is 7.41. The molecule has 0 amide bonds. The summed E-state index contributed by atoms with van der Waals surface area (Å²) in [4.78, 5) is 0. The topological polar surface area (TPSA) is 43.8 Å². The standard InChI is InChI=1S/C12H22BrN3/c1-5-7-12(3,14)8-10-11(13)9(6-2)15-16(10)4/h5-8,14H2,1-4H3. The van der Waals surface area contributed by atoms with Crippen molar-refractivity contribution in [3.05, 3.63) is 15.9 Å². The molecule has 0 saturated heterocycles. The van der Waals surface area contributed by atoms with Crippen molar-refractivity contribution in [2.75, 3.05) is 0 Å². The second-order valence-electron chi connectivity index (χ2n) is 4.77. The van der Waals surface area contributed by atoms with Crippen LogP contribution in [0.25, 0.3) is 0 Å². The van der Waals surface area contributed by atoms with Gasteiger partial charge in [0.15, 0.2) is 0 Å². The Bertz CT molecular complexity index is 355. The van der Waals surface area contributed by atoms with E-state index in [2.05, 4.69) is 41.8 Å². The van der Waals surface area contributed by atoms with E-state index in [1.807, 2.05) is 11.7 Å². The quantitative estimate of drug-likeness (QED) is 0.905. The van der Waals surface area contributed by atoms with E-state index in [0.29, 0.717) is 0 Å². The van der Waals surface area contributed by atoms with Crippen LogP contribution in [0.4, 0.5) is 0 Å². The zero-order chi connectivity index (χ0) is 12.3. The molecule has 92 valence electrons. The molecule has 0 saturated carbocycles. The van der Waals surface area contributed by atoms with Gasteiger partial charge in [0.2, 0.25) is 0 Å². The Morgan fingerprint density at radius 3 is 2.50 bits per heavy atom. The van der Waals surface area contributed by atoms with Crippen molar-refractivity contribution >= 4 is 15.9 Å². The van der Waals surface area contributed by atoms with Gasteiger partial charge in [0.25, 0.3) is 0 Å². The van der Waals surface area contributed by atoms with E-state index in [1.165, 1.54) is 5.69 Å². The smallest absolute Gasteiger partial charge is 0.0766 e. The first-order valence-corrected chi connectivity index (χ1v) is 6.69. The number of hydrogen-bond donors (Lipinski definition) is 1. The Kier molecular flexibility index (Phi) is 4.56. The number of aromatic nitrogens is 2. The van der Waals surface area contributed by atoms with Crippen LogP contribution in [0.1, 0.15) is 45.0 Å². The maximum absolute atomic E-state index is 6.29. The van der Waals surface area contributed by atoms with Crippen LogP contribution in [-0.4, -0.2) is 15.3 Å². The molecule has 0 fully saturated rings. The lowest BCUT2D eigenvalue weighted by Crippen LogP contribution is -2.39. The van der Waals surface area contributed by atoms with Gasteiger partial charge in [-0.05, 0) is 35.7 Å². The lowest BCUT2D eigenvalue weighted by molar-refractivity contribution is 0.412. The molecule has 0 aliphatic heterocycles. The number of aryl methyl sites for hydroxylation is 2. The van der Waals surface area contributed by atoms with Crippen LogP contribution in [0, 0.1) is 0 Å². The molecule has 4 heteroatoms. The molecule has 16 heavy (non-hydrogen) atoms. The van der Waals surface area contributed by atoms with Gasteiger partial charge in [-0.25, -0.2) is 0 Å². The molecule has 1 aromatic rings. The average molecular weight is 288 g/mol. The molecule has 0 spiro atoms. The fraction of sp³-hybridized carbons (Fsp3) is 0.750. The van der Waals surface area contributed by atoms with Crippen LogP contribution in [0.15, 0.2) is 4.47 Å². The number of rotatable bonds is 5. The monoisotopic (exact) mass is 287 g/mol. The molecule has 2 N–H and O–H groups in total. The highest BCUT2D eigenvalue weighted by molar-refractivity contribution is 9.10. The van der Waals surface area contributed by atoms with Gasteiger partial charge in [-0.15, -0.1) is 0 Å². The highest BCUT2D eigenvalue weighted by Gasteiger charge is 2.23. The summed E-state index contributed by atoms with van der Waals surface area (Å²) in [7, 11) is 1.99. The van der Waals surface area contributed by atoms with Gasteiger partial charge in [-0.3, -0.25) is 4.68 Å². The van der Waals surface area contributed by atoms with Crippen LogP contribution in [0.2, 0.25) is 0 Å². The Balaban J connectivity index is 2.92. The van der Waals surface area contributed by atoms with Gasteiger partial charge >= 0.3 is 0 Å². The number of halogens is 1. The van der Waals surface area contributed by atoms with Crippen molar-refractivity contribution in [3.8, 4) is 0 Å². The molecule has 0 radical (unpaired) electrons. The second kappa shape index (κ2) is 5.32. The fourth-order valence-corrected chi connectivity index (χ4v) is 2.81. The summed E-state index contributed by atoms with van der Waals surface area (Å²) < 4.78 is 3.08. The van der Waals surface area contributed by atoms with E-state index in [-0.39, 0.29) is 5.54 Å². The maximum atomic E-state index is 6.29. The van der Waals surface area contributed by atoms with Crippen molar-refractivity contribution in [1.82, 2.24) is 9.78 Å². The van der Waals surface area contributed by atoms with Crippen molar-refractivity contribution in [2.24, 2.45) is 12.8 Å². The van der Waals surface area contributed by atoms with E-state index in [9.17, 15) is 0 Å². The summed E-state index contributed by atoms with van der Waals surface area (Å²) in [6.07, 6.45) is 3.96. The minimum atomic E-state index is -0.143. The van der Waals surface area contributed by atoms with Crippen molar-refractivity contribution in [1.29, 1.82) is 0 Å². The summed E-state index contributed by atoms with van der Waals surface area (Å²) in [5, 5.41) is 4.49. The van der Waals surface area contributed by atoms with Gasteiger partial charge in [-0.2, -0.15) is 5.10 Å². The molecule has 1 unspecified atom stereocenters. The Hall–Kier alpha value is -0.350. The van der Waals surface area contributed by atoms with Crippen molar-refractivity contribution in [2.45, 2.75) is 52.0 Å². The van der Waals surface area contributed by atoms with Gasteiger partial charge in [0, 0.05) is 19.0 Å². The summed E-state index contributed by atoms with van der Waals surface area (Å²) in [5.41, 5.74) is 8.46. The predicted octanol–water partition coefficient (Wildman–Crippen LogP) is 2.81. The van der Waals surface area contributed by atoms with Crippen LogP contribution >= 0.6 is 15.9 Å². The number of nitrogens with two attached hydrogens (primary N) is 1. The summed E-state index contributed by atoms with van der Waals surface area (Å²) in [5.74, 6) is 0. The molecule has 0 aliphatic rings. The van der Waals surface area contributed by atoms with Crippen molar-refractivity contribution < 1.29 is 0 Å². The molecular formula is C12H22BrN3. The van der Waals surface area contributed by atoms with Crippen LogP contribution in [0.5, 0.6) is 0 Å². The number of hydrogen-bond acceptors (Lipinski definition) is 2. The molecule has 1 atom stereocenters. The SMILES string of the molecule is CCCC(C)(N)Cc1c(Br)c(CC)nn1C. The molecular weight excluding hydrogens is 266 g/mol. The zero-order valence-corrected chi connectivity index (χ0v) is 12.3. The maximum Gasteiger partial charge on any atom is 0.0766 e. The van der Waals surface area contributed by atoms with Crippen LogP contribution < -0.4 is 5.73 Å². The van der Waals surface area contributed by atoms with E-state index >= 15 is 0 Å². The molecule has 0 aliphatic carbocycles. The van der Waals surface area contributed by atoms with E-state index in [0.717, 1.165) is 35.8 Å². The molecule has 1 heterocycles. The largest absolute Gasteiger partial charge is 0.325 e. The summed E-state index contributed by atoms with van der Waals surface area (Å²) >= 11 is 3.63. The highest BCUT2D eigenvalue weighted by atomic mass is 79.9. The molecule has 0 aromatic carbocycles. The third-order valence-electron chi connectivity index (χ3n) is 2.90. The lowest BCUT2D eigenvalue weighted by atomic mass is 9.92. The van der Waals surface area contributed by atoms with Gasteiger partial charge < -0.3 is 5.73 Å². The van der Waals surface area contributed by atoms with Crippen LogP contribution in [-0.2, 0) is 19.9 Å². The molecule has 0 bridgehead atoms.